The van der Waals surface area contributed by atoms with Gasteiger partial charge in [0, 0.05) is 76.6 Å². The number of aliphatic hydroxyl groups excluding tert-OH is 2. The lowest BCUT2D eigenvalue weighted by atomic mass is 9.96. The molecule has 6 aromatic carbocycles. The number of rotatable bonds is 22. The third-order valence-electron chi connectivity index (χ3n) is 16.4. The molecular formula is C70H74Cl2F12N8O2. The molecule has 2 unspecified atom stereocenters. The predicted octanol–water partition coefficient (Wildman–Crippen LogP) is 15.3. The lowest BCUT2D eigenvalue weighted by Gasteiger charge is -2.40. The molecule has 4 heterocycles. The van der Waals surface area contributed by atoms with Gasteiger partial charge in [0.1, 0.15) is 11.4 Å². The van der Waals surface area contributed by atoms with Crippen molar-refractivity contribution < 1.29 is 62.9 Å². The van der Waals surface area contributed by atoms with E-state index < -0.39 is 59.4 Å². The standard InChI is InChI=1S/2C35H36F6N4O.2ClH/c2*36-34(37,38)29-14-12-25(13-15-29)30-22-28(23-32(43-30)35(39,40)41)31(46)24-42-16-7-17-44-18-20-45(21-19-44)33(26-8-3-1-4-9-26)27-10-5-2-6-11-27;;/h2*1-6,8-15,22-23,31,33,42,46H,7,16-21,24H2;2*1H. The van der Waals surface area contributed by atoms with Crippen molar-refractivity contribution >= 4 is 24.8 Å². The Bertz CT molecular complexity index is 3220. The van der Waals surface area contributed by atoms with Gasteiger partial charge in [-0.3, -0.25) is 9.80 Å². The summed E-state index contributed by atoms with van der Waals surface area (Å²) >= 11 is 0. The number of hydrogen-bond acceptors (Lipinski definition) is 10. The van der Waals surface area contributed by atoms with Gasteiger partial charge in [-0.05, 0) is 121 Å². The van der Waals surface area contributed by atoms with Crippen LogP contribution >= 0.6 is 24.8 Å². The van der Waals surface area contributed by atoms with Gasteiger partial charge < -0.3 is 30.6 Å². The maximum Gasteiger partial charge on any atom is 0.433 e. The first-order chi connectivity index (χ1) is 44.0. The van der Waals surface area contributed by atoms with Gasteiger partial charge in [0.05, 0.1) is 46.8 Å². The highest BCUT2D eigenvalue weighted by Crippen LogP contribution is 2.38. The van der Waals surface area contributed by atoms with Crippen molar-refractivity contribution in [1.29, 1.82) is 0 Å². The normalized spacial score (nSPS) is 15.4. The molecule has 2 atom stereocenters. The quantitative estimate of drug-likeness (QED) is 0.0388. The molecule has 0 saturated carbocycles. The third kappa shape index (κ3) is 21.0. The van der Waals surface area contributed by atoms with Crippen LogP contribution in [0, 0.1) is 0 Å². The second-order valence-corrected chi connectivity index (χ2v) is 22.8. The Kier molecular flexibility index (Phi) is 27.0. The summed E-state index contributed by atoms with van der Waals surface area (Å²) in [6.07, 6.45) is -19.7. The third-order valence-corrected chi connectivity index (χ3v) is 16.4. The molecule has 2 aliphatic rings. The topological polar surface area (TPSA) is 103 Å². The SMILES string of the molecule is Cl.Cl.OC(CNCCCN1CCN(C(c2ccccc2)c2ccccc2)CC1)c1cc(-c2ccc(C(F)(F)F)cc2)nc(C(F)(F)F)c1.OC(CNCCCN1CCN(C(c2ccccc2)c2ccccc2)CC1)c1cc(-c2ccc(C(F)(F)F)cc2)nc(C(F)(F)F)c1. The van der Waals surface area contributed by atoms with E-state index in [4.69, 9.17) is 0 Å². The van der Waals surface area contributed by atoms with Crippen molar-refractivity contribution in [2.45, 2.75) is 61.8 Å². The van der Waals surface area contributed by atoms with Gasteiger partial charge >= 0.3 is 24.7 Å². The van der Waals surface area contributed by atoms with E-state index in [1.165, 1.54) is 34.4 Å². The highest BCUT2D eigenvalue weighted by molar-refractivity contribution is 5.85. The summed E-state index contributed by atoms with van der Waals surface area (Å²) in [5.74, 6) is 0. The minimum atomic E-state index is -4.80. The Balaban J connectivity index is 0.000000260. The fourth-order valence-corrected chi connectivity index (χ4v) is 11.6. The molecule has 0 radical (unpaired) electrons. The second kappa shape index (κ2) is 34.1. The Morgan fingerprint density at radius 1 is 0.362 bits per heavy atom. The molecule has 94 heavy (non-hydrogen) atoms. The van der Waals surface area contributed by atoms with Crippen LogP contribution < -0.4 is 10.6 Å². The molecular weight excluding hydrogens is 1280 g/mol. The van der Waals surface area contributed by atoms with Gasteiger partial charge in [-0.1, -0.05) is 146 Å². The van der Waals surface area contributed by atoms with Crippen LogP contribution in [0.3, 0.4) is 0 Å². The van der Waals surface area contributed by atoms with E-state index in [-0.39, 0.29) is 83.6 Å². The average Bonchev–Trinajstić information content (AvgIpc) is 0.849. The highest BCUT2D eigenvalue weighted by atomic mass is 35.5. The van der Waals surface area contributed by atoms with Gasteiger partial charge in [0.25, 0.3) is 0 Å². The van der Waals surface area contributed by atoms with Gasteiger partial charge in [0.15, 0.2) is 0 Å². The first-order valence-electron chi connectivity index (χ1n) is 30.4. The summed E-state index contributed by atoms with van der Waals surface area (Å²) in [5, 5.41) is 27.7. The number of nitrogens with zero attached hydrogens (tertiary/aromatic N) is 6. The molecule has 2 aromatic heterocycles. The monoisotopic (exact) mass is 1360 g/mol. The lowest BCUT2D eigenvalue weighted by Crippen LogP contribution is -2.48. The van der Waals surface area contributed by atoms with E-state index in [1.807, 2.05) is 24.3 Å². The van der Waals surface area contributed by atoms with E-state index in [1.54, 1.807) is 0 Å². The van der Waals surface area contributed by atoms with Crippen molar-refractivity contribution in [2.24, 2.45) is 0 Å². The molecule has 10 rings (SSSR count). The molecule has 4 N–H and O–H groups in total. The molecule has 0 bridgehead atoms. The zero-order valence-corrected chi connectivity index (χ0v) is 52.7. The van der Waals surface area contributed by atoms with Crippen LogP contribution in [0.2, 0.25) is 0 Å². The molecule has 8 aromatic rings. The van der Waals surface area contributed by atoms with Crippen molar-refractivity contribution in [2.75, 3.05) is 91.6 Å². The summed E-state index contributed by atoms with van der Waals surface area (Å²) in [6.45, 7) is 10.1. The van der Waals surface area contributed by atoms with E-state index in [9.17, 15) is 62.9 Å². The molecule has 2 saturated heterocycles. The number of aromatic nitrogens is 2. The number of piperazine rings is 2. The van der Waals surface area contributed by atoms with Crippen LogP contribution in [-0.2, 0) is 24.7 Å². The van der Waals surface area contributed by atoms with Crippen LogP contribution in [-0.4, -0.2) is 131 Å². The fraction of sp³-hybridized carbons (Fsp3) is 0.343. The van der Waals surface area contributed by atoms with Gasteiger partial charge in [-0.2, -0.15) is 52.7 Å². The Morgan fingerprint density at radius 2 is 0.649 bits per heavy atom. The number of pyridine rings is 2. The lowest BCUT2D eigenvalue weighted by molar-refractivity contribution is -0.142. The molecule has 24 heteroatoms. The highest BCUT2D eigenvalue weighted by Gasteiger charge is 2.37. The van der Waals surface area contributed by atoms with E-state index >= 15 is 0 Å². The van der Waals surface area contributed by atoms with Crippen LogP contribution in [0.4, 0.5) is 52.7 Å². The summed E-state index contributed by atoms with van der Waals surface area (Å²) in [5.41, 5.74) is 0.535. The Hall–Kier alpha value is -6.96. The molecule has 0 amide bonds. The van der Waals surface area contributed by atoms with Gasteiger partial charge in [0.2, 0.25) is 0 Å². The molecule has 2 fully saturated rings. The van der Waals surface area contributed by atoms with E-state index in [0.29, 0.717) is 13.1 Å². The molecule has 0 aliphatic carbocycles. The number of halogens is 14. The maximum absolute atomic E-state index is 13.6. The average molecular weight is 1360 g/mol. The zero-order valence-electron chi connectivity index (χ0n) is 51.0. The summed E-state index contributed by atoms with van der Waals surface area (Å²) in [6, 6.07) is 53.8. The van der Waals surface area contributed by atoms with Crippen molar-refractivity contribution in [3.8, 4) is 22.5 Å². The smallest absolute Gasteiger partial charge is 0.387 e. The number of benzene rings is 6. The summed E-state index contributed by atoms with van der Waals surface area (Å²) in [4.78, 5) is 17.0. The predicted molar refractivity (Wildman–Crippen MR) is 344 cm³/mol. The van der Waals surface area contributed by atoms with E-state index in [0.717, 1.165) is 139 Å². The number of aliphatic hydroxyl groups is 2. The second-order valence-electron chi connectivity index (χ2n) is 22.8. The minimum Gasteiger partial charge on any atom is -0.387 e. The molecule has 0 spiro atoms. The van der Waals surface area contributed by atoms with Crippen LogP contribution in [0.15, 0.2) is 194 Å². The molecule has 2 aliphatic heterocycles. The molecule has 504 valence electrons. The molecule has 10 nitrogen and oxygen atoms in total. The summed E-state index contributed by atoms with van der Waals surface area (Å²) in [7, 11) is 0. The first kappa shape index (κ1) is 74.4. The maximum atomic E-state index is 13.6. The van der Waals surface area contributed by atoms with Crippen molar-refractivity contribution in [3.63, 3.8) is 0 Å². The fourth-order valence-electron chi connectivity index (χ4n) is 11.6. The van der Waals surface area contributed by atoms with E-state index in [2.05, 4.69) is 137 Å². The largest absolute Gasteiger partial charge is 0.433 e. The Morgan fingerprint density at radius 3 is 0.915 bits per heavy atom. The minimum absolute atomic E-state index is 0. The van der Waals surface area contributed by atoms with Crippen LogP contribution in [0.25, 0.3) is 22.5 Å². The van der Waals surface area contributed by atoms with Gasteiger partial charge in [-0.25, -0.2) is 9.97 Å². The number of hydrogen-bond donors (Lipinski definition) is 4. The number of nitrogens with one attached hydrogen (secondary N) is 2. The van der Waals surface area contributed by atoms with Crippen molar-refractivity contribution in [3.05, 3.63) is 250 Å². The van der Waals surface area contributed by atoms with Gasteiger partial charge in [-0.15, -0.1) is 24.8 Å². The number of alkyl halides is 12. The first-order valence-corrected chi connectivity index (χ1v) is 30.4. The zero-order chi connectivity index (χ0) is 65.5. The summed E-state index contributed by atoms with van der Waals surface area (Å²) < 4.78 is 159. The van der Waals surface area contributed by atoms with Crippen molar-refractivity contribution in [1.82, 2.24) is 40.2 Å². The Labute approximate surface area is 551 Å². The van der Waals surface area contributed by atoms with Crippen LogP contribution in [0.5, 0.6) is 0 Å². The van der Waals surface area contributed by atoms with Crippen LogP contribution in [0.1, 0.15) is 93.0 Å².